The molecule has 2 aromatic heterocycles. The molecule has 0 saturated heterocycles. The highest BCUT2D eigenvalue weighted by Crippen LogP contribution is 2.32. The number of nitrogens with zero attached hydrogens (tertiary/aromatic N) is 1. The molecular formula is C21H15NO6. The Balaban J connectivity index is 2.30. The minimum absolute atomic E-state index is 0.0309. The largest absolute Gasteiger partial charge is 0.506 e. The van der Waals surface area contributed by atoms with E-state index in [1.165, 1.54) is 0 Å². The molecule has 0 fully saturated rings. The third-order valence-electron chi connectivity index (χ3n) is 4.40. The number of aromatic nitrogens is 1. The zero-order valence-electron chi connectivity index (χ0n) is 14.8. The Hall–Kier alpha value is -3.87. The van der Waals surface area contributed by atoms with Gasteiger partial charge < -0.3 is 14.3 Å². The minimum atomic E-state index is -0.922. The highest BCUT2D eigenvalue weighted by Gasteiger charge is 2.28. The van der Waals surface area contributed by atoms with Crippen LogP contribution in [0, 0.1) is 0 Å². The summed E-state index contributed by atoms with van der Waals surface area (Å²) in [6.45, 7) is 1.63. The first-order valence-corrected chi connectivity index (χ1v) is 8.60. The van der Waals surface area contributed by atoms with Crippen LogP contribution in [-0.2, 0) is 4.74 Å². The van der Waals surface area contributed by atoms with Crippen LogP contribution in [0.25, 0.3) is 27.7 Å². The molecular weight excluding hydrogens is 362 g/mol. The Morgan fingerprint density at radius 2 is 1.75 bits per heavy atom. The van der Waals surface area contributed by atoms with E-state index in [4.69, 9.17) is 9.15 Å². The monoisotopic (exact) mass is 377 g/mol. The molecule has 0 atom stereocenters. The van der Waals surface area contributed by atoms with Crippen molar-refractivity contribution in [2.45, 2.75) is 6.92 Å². The molecule has 0 bridgehead atoms. The minimum Gasteiger partial charge on any atom is -0.506 e. The third-order valence-corrected chi connectivity index (χ3v) is 4.40. The molecule has 2 heterocycles. The van der Waals surface area contributed by atoms with Crippen LogP contribution in [0.3, 0.4) is 0 Å². The number of ether oxygens (including phenoxy) is 1. The topological polar surface area (TPSA) is 98.2 Å². The fourth-order valence-corrected chi connectivity index (χ4v) is 3.22. The number of aromatic hydroxyl groups is 1. The number of benzene rings is 2. The van der Waals surface area contributed by atoms with Gasteiger partial charge in [-0.15, -0.1) is 0 Å². The lowest BCUT2D eigenvalue weighted by molar-refractivity contribution is 0.0524. The summed E-state index contributed by atoms with van der Waals surface area (Å²) >= 11 is 0. The molecule has 7 heteroatoms. The van der Waals surface area contributed by atoms with E-state index < -0.39 is 28.5 Å². The van der Waals surface area contributed by atoms with Gasteiger partial charge in [0.1, 0.15) is 11.3 Å². The maximum Gasteiger partial charge on any atom is 0.361 e. The molecule has 2 aromatic carbocycles. The maximum absolute atomic E-state index is 13.3. The molecule has 4 aromatic rings. The second-order valence-corrected chi connectivity index (χ2v) is 6.03. The van der Waals surface area contributed by atoms with E-state index in [0.29, 0.717) is 11.1 Å². The van der Waals surface area contributed by atoms with Crippen molar-refractivity contribution in [3.05, 3.63) is 80.9 Å². The number of carbonyl (C=O) groups excluding carboxylic acids is 1. The van der Waals surface area contributed by atoms with Crippen LogP contribution in [0.1, 0.15) is 17.3 Å². The molecule has 0 spiro atoms. The van der Waals surface area contributed by atoms with E-state index in [-0.39, 0.29) is 23.3 Å². The van der Waals surface area contributed by atoms with Crippen molar-refractivity contribution >= 4 is 22.6 Å². The molecule has 0 aliphatic rings. The highest BCUT2D eigenvalue weighted by atomic mass is 16.5. The average molecular weight is 377 g/mol. The number of fused-ring (bicyclic) bond motifs is 3. The van der Waals surface area contributed by atoms with Crippen molar-refractivity contribution in [3.63, 3.8) is 0 Å². The van der Waals surface area contributed by atoms with Gasteiger partial charge in [0.25, 0.3) is 5.56 Å². The maximum atomic E-state index is 13.3. The summed E-state index contributed by atoms with van der Waals surface area (Å²) in [4.78, 5) is 38.5. The normalized spacial score (nSPS) is 11.0. The molecule has 140 valence electrons. The van der Waals surface area contributed by atoms with E-state index in [9.17, 15) is 19.5 Å². The van der Waals surface area contributed by atoms with Gasteiger partial charge in [-0.05, 0) is 24.6 Å². The summed E-state index contributed by atoms with van der Waals surface area (Å²) in [6.07, 6.45) is 0. The first-order chi connectivity index (χ1) is 13.5. The Morgan fingerprint density at radius 1 is 1.07 bits per heavy atom. The fraction of sp³-hybridized carbons (Fsp3) is 0.0952. The van der Waals surface area contributed by atoms with Crippen LogP contribution < -0.4 is 11.2 Å². The molecule has 0 aliphatic heterocycles. The SMILES string of the molecule is CCOC(=O)c1c(O)c(-c2ccccc2)c(=O)n2c1c(=O)oc1ccccc12. The molecule has 4 rings (SSSR count). The lowest BCUT2D eigenvalue weighted by Gasteiger charge is -2.14. The van der Waals surface area contributed by atoms with Gasteiger partial charge in [-0.1, -0.05) is 42.5 Å². The van der Waals surface area contributed by atoms with Crippen LogP contribution >= 0.6 is 0 Å². The van der Waals surface area contributed by atoms with E-state index in [1.54, 1.807) is 61.5 Å². The third kappa shape index (κ3) is 2.56. The zero-order valence-corrected chi connectivity index (χ0v) is 14.8. The van der Waals surface area contributed by atoms with Gasteiger partial charge >= 0.3 is 11.6 Å². The van der Waals surface area contributed by atoms with E-state index in [0.717, 1.165) is 4.40 Å². The molecule has 7 nitrogen and oxygen atoms in total. The Labute approximate surface area is 158 Å². The van der Waals surface area contributed by atoms with E-state index in [1.807, 2.05) is 0 Å². The number of carbonyl (C=O) groups is 1. The number of pyridine rings is 1. The van der Waals surface area contributed by atoms with Crippen molar-refractivity contribution in [2.24, 2.45) is 0 Å². The van der Waals surface area contributed by atoms with Gasteiger partial charge in [0, 0.05) is 0 Å². The van der Waals surface area contributed by atoms with Crippen LogP contribution in [0.5, 0.6) is 5.75 Å². The number of esters is 1. The average Bonchev–Trinajstić information content (AvgIpc) is 2.69. The second-order valence-electron chi connectivity index (χ2n) is 6.03. The number of hydrogen-bond acceptors (Lipinski definition) is 6. The molecule has 0 unspecified atom stereocenters. The predicted molar refractivity (Wildman–Crippen MR) is 103 cm³/mol. The van der Waals surface area contributed by atoms with E-state index in [2.05, 4.69) is 0 Å². The molecule has 0 amide bonds. The van der Waals surface area contributed by atoms with Crippen molar-refractivity contribution in [1.29, 1.82) is 0 Å². The summed E-state index contributed by atoms with van der Waals surface area (Å²) < 4.78 is 11.4. The number of rotatable bonds is 3. The zero-order chi connectivity index (χ0) is 19.8. The lowest BCUT2D eigenvalue weighted by atomic mass is 10.0. The summed E-state index contributed by atoms with van der Waals surface area (Å²) in [5.41, 5.74) is -1.55. The number of para-hydroxylation sites is 2. The summed E-state index contributed by atoms with van der Waals surface area (Å²) in [5.74, 6) is -1.53. The van der Waals surface area contributed by atoms with Gasteiger partial charge in [0.05, 0.1) is 17.7 Å². The van der Waals surface area contributed by atoms with Crippen LogP contribution in [0.4, 0.5) is 0 Å². The van der Waals surface area contributed by atoms with Gasteiger partial charge in [-0.25, -0.2) is 9.59 Å². The van der Waals surface area contributed by atoms with Crippen molar-refractivity contribution in [1.82, 2.24) is 4.40 Å². The molecule has 28 heavy (non-hydrogen) atoms. The van der Waals surface area contributed by atoms with Crippen molar-refractivity contribution in [3.8, 4) is 16.9 Å². The predicted octanol–water partition coefficient (Wildman–Crippen LogP) is 2.96. The Morgan fingerprint density at radius 3 is 2.46 bits per heavy atom. The van der Waals surface area contributed by atoms with Crippen molar-refractivity contribution < 1.29 is 19.1 Å². The van der Waals surface area contributed by atoms with Gasteiger partial charge in [0.2, 0.25) is 0 Å². The lowest BCUT2D eigenvalue weighted by Crippen LogP contribution is -2.25. The van der Waals surface area contributed by atoms with Gasteiger partial charge in [-0.3, -0.25) is 9.20 Å². The summed E-state index contributed by atoms with van der Waals surface area (Å²) in [7, 11) is 0. The fourth-order valence-electron chi connectivity index (χ4n) is 3.22. The van der Waals surface area contributed by atoms with Crippen LogP contribution in [0.15, 0.2) is 68.6 Å². The first-order valence-electron chi connectivity index (χ1n) is 8.60. The Kier molecular flexibility index (Phi) is 4.19. The molecule has 1 N–H and O–H groups in total. The first kappa shape index (κ1) is 17.5. The van der Waals surface area contributed by atoms with Crippen LogP contribution in [-0.4, -0.2) is 22.1 Å². The number of hydrogen-bond donors (Lipinski definition) is 1. The van der Waals surface area contributed by atoms with Crippen LogP contribution in [0.2, 0.25) is 0 Å². The second kappa shape index (κ2) is 6.70. The smallest absolute Gasteiger partial charge is 0.361 e. The highest BCUT2D eigenvalue weighted by molar-refractivity contribution is 6.03. The van der Waals surface area contributed by atoms with Crippen molar-refractivity contribution in [2.75, 3.05) is 6.61 Å². The molecule has 0 aliphatic carbocycles. The Bertz CT molecular complexity index is 1330. The molecule has 0 radical (unpaired) electrons. The summed E-state index contributed by atoms with van der Waals surface area (Å²) in [6, 6.07) is 14.9. The van der Waals surface area contributed by atoms with E-state index >= 15 is 0 Å². The standard InChI is InChI=1S/C21H15NO6/c1-2-27-20(25)16-17-21(26)28-14-11-7-6-10-13(14)22(17)19(24)15(18(16)23)12-8-4-3-5-9-12/h3-11,23H,2H2,1H3. The van der Waals surface area contributed by atoms with Gasteiger partial charge in [-0.2, -0.15) is 0 Å². The molecule has 0 saturated carbocycles. The quantitative estimate of drug-likeness (QED) is 0.435. The van der Waals surface area contributed by atoms with Gasteiger partial charge in [0.15, 0.2) is 11.1 Å². The summed E-state index contributed by atoms with van der Waals surface area (Å²) in [5, 5.41) is 10.8.